The van der Waals surface area contributed by atoms with Crippen molar-refractivity contribution in [2.45, 2.75) is 0 Å². The summed E-state index contributed by atoms with van der Waals surface area (Å²) in [5, 5.41) is 4.21. The highest BCUT2D eigenvalue weighted by Gasteiger charge is 2.18. The van der Waals surface area contributed by atoms with Crippen molar-refractivity contribution in [3.63, 3.8) is 0 Å². The molecule has 0 saturated carbocycles. The molecule has 234 valence electrons. The van der Waals surface area contributed by atoms with E-state index < -0.39 is 0 Å². The molecule has 5 heteroatoms. The van der Waals surface area contributed by atoms with Gasteiger partial charge in [0.2, 0.25) is 0 Å². The second-order valence-electron chi connectivity index (χ2n) is 12.4. The summed E-state index contributed by atoms with van der Waals surface area (Å²) < 4.78 is 12.4. The third-order valence-electron chi connectivity index (χ3n) is 9.38. The fraction of sp³-hybridized carbons (Fsp3) is 0. The van der Waals surface area contributed by atoms with Gasteiger partial charge in [-0.15, -0.1) is 0 Å². The zero-order valence-corrected chi connectivity index (χ0v) is 26.7. The first-order valence-electron chi connectivity index (χ1n) is 16.6. The molecule has 7 aromatic carbocycles. The van der Waals surface area contributed by atoms with Crippen LogP contribution in [-0.4, -0.2) is 15.0 Å². The SMILES string of the molecule is c1ccc(-c2ccc(-c3ccccc3-c3nc(-c4ccc5c(c4)oc4ccccc45)nc(-c4ccc5oc6ccccc6c5c4)n3)cc2)cc1. The van der Waals surface area contributed by atoms with Gasteiger partial charge in [0, 0.05) is 38.2 Å². The number of para-hydroxylation sites is 2. The largest absolute Gasteiger partial charge is 0.456 e. The fourth-order valence-electron chi connectivity index (χ4n) is 6.89. The lowest BCUT2D eigenvalue weighted by atomic mass is 9.96. The summed E-state index contributed by atoms with van der Waals surface area (Å²) in [6.45, 7) is 0. The molecule has 3 heterocycles. The number of benzene rings is 7. The van der Waals surface area contributed by atoms with Crippen LogP contribution in [0.25, 0.3) is 100 Å². The van der Waals surface area contributed by atoms with E-state index in [0.29, 0.717) is 17.5 Å². The summed E-state index contributed by atoms with van der Waals surface area (Å²) in [7, 11) is 0. The van der Waals surface area contributed by atoms with Crippen LogP contribution in [0.3, 0.4) is 0 Å². The molecule has 5 nitrogen and oxygen atoms in total. The molecule has 10 aromatic rings. The van der Waals surface area contributed by atoms with E-state index in [2.05, 4.69) is 97.1 Å². The van der Waals surface area contributed by atoms with Crippen LogP contribution in [0.4, 0.5) is 0 Å². The van der Waals surface area contributed by atoms with E-state index in [0.717, 1.165) is 71.7 Å². The molecule has 0 atom stereocenters. The molecule has 0 aliphatic heterocycles. The highest BCUT2D eigenvalue weighted by molar-refractivity contribution is 6.07. The smallest absolute Gasteiger partial charge is 0.164 e. The van der Waals surface area contributed by atoms with Crippen LogP contribution in [0.5, 0.6) is 0 Å². The Bertz CT molecular complexity index is 2870. The third-order valence-corrected chi connectivity index (χ3v) is 9.38. The second-order valence-corrected chi connectivity index (χ2v) is 12.4. The zero-order valence-electron chi connectivity index (χ0n) is 26.7. The molecule has 10 rings (SSSR count). The van der Waals surface area contributed by atoms with E-state index in [1.807, 2.05) is 66.7 Å². The van der Waals surface area contributed by atoms with Crippen molar-refractivity contribution < 1.29 is 8.83 Å². The molecule has 0 radical (unpaired) electrons. The average molecular weight is 642 g/mol. The number of furan rings is 2. The van der Waals surface area contributed by atoms with Gasteiger partial charge in [-0.25, -0.2) is 15.0 Å². The van der Waals surface area contributed by atoms with Crippen LogP contribution in [0.15, 0.2) is 173 Å². The summed E-state index contributed by atoms with van der Waals surface area (Å²) >= 11 is 0. The fourth-order valence-corrected chi connectivity index (χ4v) is 6.89. The molecule has 0 fully saturated rings. The number of rotatable bonds is 5. The first kappa shape index (κ1) is 28.2. The normalized spacial score (nSPS) is 11.6. The second kappa shape index (κ2) is 11.4. The van der Waals surface area contributed by atoms with Crippen molar-refractivity contribution in [2.75, 3.05) is 0 Å². The van der Waals surface area contributed by atoms with Gasteiger partial charge < -0.3 is 8.83 Å². The van der Waals surface area contributed by atoms with Crippen molar-refractivity contribution in [2.24, 2.45) is 0 Å². The van der Waals surface area contributed by atoms with Crippen LogP contribution < -0.4 is 0 Å². The lowest BCUT2D eigenvalue weighted by Crippen LogP contribution is -2.01. The monoisotopic (exact) mass is 641 g/mol. The number of fused-ring (bicyclic) bond motifs is 6. The van der Waals surface area contributed by atoms with Crippen LogP contribution in [0.1, 0.15) is 0 Å². The van der Waals surface area contributed by atoms with Gasteiger partial charge in [-0.05, 0) is 64.7 Å². The summed E-state index contributed by atoms with van der Waals surface area (Å²) in [4.78, 5) is 15.4. The minimum absolute atomic E-state index is 0.568. The molecule has 50 heavy (non-hydrogen) atoms. The first-order valence-corrected chi connectivity index (χ1v) is 16.6. The summed E-state index contributed by atoms with van der Waals surface area (Å²) in [6, 6.07) is 55.9. The number of nitrogens with zero attached hydrogens (tertiary/aromatic N) is 3. The Morgan fingerprint density at radius 3 is 1.52 bits per heavy atom. The van der Waals surface area contributed by atoms with Crippen LogP contribution in [0.2, 0.25) is 0 Å². The Hall–Kier alpha value is -6.85. The number of hydrogen-bond acceptors (Lipinski definition) is 5. The Balaban J connectivity index is 1.15. The minimum Gasteiger partial charge on any atom is -0.456 e. The van der Waals surface area contributed by atoms with E-state index in [1.54, 1.807) is 0 Å². The molecule has 3 aromatic heterocycles. The van der Waals surface area contributed by atoms with E-state index in [9.17, 15) is 0 Å². The molecular weight excluding hydrogens is 615 g/mol. The van der Waals surface area contributed by atoms with Gasteiger partial charge in [-0.2, -0.15) is 0 Å². The Kier molecular flexibility index (Phi) is 6.42. The van der Waals surface area contributed by atoms with Gasteiger partial charge in [-0.1, -0.05) is 121 Å². The maximum Gasteiger partial charge on any atom is 0.164 e. The highest BCUT2D eigenvalue weighted by Crippen LogP contribution is 2.37. The molecule has 0 amide bonds. The molecule has 0 unspecified atom stereocenters. The predicted molar refractivity (Wildman–Crippen MR) is 202 cm³/mol. The zero-order chi connectivity index (χ0) is 33.0. The van der Waals surface area contributed by atoms with E-state index >= 15 is 0 Å². The Morgan fingerprint density at radius 1 is 0.280 bits per heavy atom. The van der Waals surface area contributed by atoms with E-state index in [1.165, 1.54) is 11.1 Å². The van der Waals surface area contributed by atoms with Crippen LogP contribution in [-0.2, 0) is 0 Å². The molecule has 0 aliphatic rings. The molecule has 0 N–H and O–H groups in total. The molecule has 0 saturated heterocycles. The van der Waals surface area contributed by atoms with Gasteiger partial charge >= 0.3 is 0 Å². The Labute approximate surface area is 287 Å². The molecular formula is C45H27N3O2. The predicted octanol–water partition coefficient (Wildman–Crippen LogP) is 12.0. The lowest BCUT2D eigenvalue weighted by Gasteiger charge is -2.12. The number of hydrogen-bond donors (Lipinski definition) is 0. The van der Waals surface area contributed by atoms with Gasteiger partial charge in [-0.3, -0.25) is 0 Å². The third kappa shape index (κ3) is 4.75. The highest BCUT2D eigenvalue weighted by atomic mass is 16.3. The van der Waals surface area contributed by atoms with Crippen LogP contribution in [0, 0.1) is 0 Å². The van der Waals surface area contributed by atoms with Gasteiger partial charge in [0.25, 0.3) is 0 Å². The van der Waals surface area contributed by atoms with E-state index in [4.69, 9.17) is 23.8 Å². The van der Waals surface area contributed by atoms with Crippen LogP contribution >= 0.6 is 0 Å². The van der Waals surface area contributed by atoms with Crippen molar-refractivity contribution >= 4 is 43.9 Å². The average Bonchev–Trinajstić information content (AvgIpc) is 3.76. The van der Waals surface area contributed by atoms with Crippen molar-refractivity contribution in [1.82, 2.24) is 15.0 Å². The summed E-state index contributed by atoms with van der Waals surface area (Å²) in [6.07, 6.45) is 0. The molecule has 0 spiro atoms. The maximum absolute atomic E-state index is 6.26. The van der Waals surface area contributed by atoms with Crippen molar-refractivity contribution in [3.05, 3.63) is 164 Å². The number of aromatic nitrogens is 3. The summed E-state index contributed by atoms with van der Waals surface area (Å²) in [5.41, 5.74) is 10.4. The van der Waals surface area contributed by atoms with Gasteiger partial charge in [0.1, 0.15) is 22.3 Å². The van der Waals surface area contributed by atoms with Gasteiger partial charge in [0.15, 0.2) is 17.5 Å². The van der Waals surface area contributed by atoms with Crippen molar-refractivity contribution in [3.8, 4) is 56.4 Å². The lowest BCUT2D eigenvalue weighted by molar-refractivity contribution is 0.668. The maximum atomic E-state index is 6.26. The van der Waals surface area contributed by atoms with Gasteiger partial charge in [0.05, 0.1) is 0 Å². The molecule has 0 bridgehead atoms. The van der Waals surface area contributed by atoms with Crippen molar-refractivity contribution in [1.29, 1.82) is 0 Å². The quantitative estimate of drug-likeness (QED) is 0.187. The topological polar surface area (TPSA) is 65.0 Å². The van der Waals surface area contributed by atoms with E-state index in [-0.39, 0.29) is 0 Å². The standard InChI is InChI=1S/C45H27N3O2/c1-2-10-28(11-3-1)29-18-20-30(21-19-29)33-12-4-5-15-37(33)45-47-43(31-23-25-41-38(26-31)35-14-7-9-17-40(35)49-41)46-44(48-45)32-22-24-36-34-13-6-8-16-39(34)50-42(36)27-32/h1-27H. The minimum atomic E-state index is 0.568. The Morgan fingerprint density at radius 2 is 0.760 bits per heavy atom. The first-order chi connectivity index (χ1) is 24.7. The molecule has 0 aliphatic carbocycles. The summed E-state index contributed by atoms with van der Waals surface area (Å²) in [5.74, 6) is 1.74.